The van der Waals surface area contributed by atoms with Crippen LogP contribution in [0.4, 0.5) is 0 Å². The summed E-state index contributed by atoms with van der Waals surface area (Å²) in [5.74, 6) is 0.192. The fourth-order valence-corrected chi connectivity index (χ4v) is 2.43. The first-order chi connectivity index (χ1) is 9.79. The third-order valence-corrected chi connectivity index (χ3v) is 3.43. The molecule has 2 heterocycles. The normalized spacial score (nSPS) is 14.4. The van der Waals surface area contributed by atoms with E-state index in [9.17, 15) is 4.79 Å². The molecule has 0 unspecified atom stereocenters. The Kier molecular flexibility index (Phi) is 3.41. The van der Waals surface area contributed by atoms with Crippen LogP contribution in [-0.2, 0) is 17.6 Å². The van der Waals surface area contributed by atoms with Crippen molar-refractivity contribution in [3.63, 3.8) is 0 Å². The van der Waals surface area contributed by atoms with Crippen molar-refractivity contribution in [3.8, 4) is 5.82 Å². The monoisotopic (exact) mass is 273 g/mol. The van der Waals surface area contributed by atoms with Crippen LogP contribution in [0.25, 0.3) is 5.82 Å². The lowest BCUT2D eigenvalue weighted by Crippen LogP contribution is -2.09. The molecule has 1 aliphatic carbocycles. The van der Waals surface area contributed by atoms with E-state index in [4.69, 9.17) is 0 Å². The summed E-state index contributed by atoms with van der Waals surface area (Å²) in [7, 11) is 1.31. The minimum absolute atomic E-state index is 0.0356. The Morgan fingerprint density at radius 2 is 2.05 bits per heavy atom. The fourth-order valence-electron chi connectivity index (χ4n) is 2.43. The molecule has 3 rings (SSSR count). The van der Waals surface area contributed by atoms with Crippen LogP contribution in [0.1, 0.15) is 41.1 Å². The zero-order valence-electron chi connectivity index (χ0n) is 11.2. The number of rotatable bonds is 2. The predicted octanol–water partition coefficient (Wildman–Crippen LogP) is 1.11. The summed E-state index contributed by atoms with van der Waals surface area (Å²) in [5.41, 5.74) is 2.17. The number of nitrogens with zero attached hydrogens (tertiary/aromatic N) is 5. The molecule has 0 aromatic carbocycles. The van der Waals surface area contributed by atoms with E-state index in [1.165, 1.54) is 24.5 Å². The molecule has 0 aliphatic heterocycles. The second kappa shape index (κ2) is 5.36. The van der Waals surface area contributed by atoms with Crippen LogP contribution in [0.3, 0.4) is 0 Å². The molecule has 0 N–H and O–H groups in total. The number of aryl methyl sites for hydroxylation is 1. The Bertz CT molecular complexity index is 637. The maximum Gasteiger partial charge on any atom is 0.377 e. The van der Waals surface area contributed by atoms with Gasteiger partial charge in [0.05, 0.1) is 7.11 Å². The second-order valence-corrected chi connectivity index (χ2v) is 4.69. The molecule has 0 radical (unpaired) electrons. The van der Waals surface area contributed by atoms with Crippen LogP contribution < -0.4 is 0 Å². The highest BCUT2D eigenvalue weighted by Gasteiger charge is 2.18. The Balaban J connectivity index is 2.02. The van der Waals surface area contributed by atoms with Crippen LogP contribution >= 0.6 is 0 Å². The molecule has 104 valence electrons. The van der Waals surface area contributed by atoms with Gasteiger partial charge in [-0.05, 0) is 25.7 Å². The van der Waals surface area contributed by atoms with Crippen LogP contribution in [0, 0.1) is 0 Å². The average Bonchev–Trinajstić information content (AvgIpc) is 2.84. The van der Waals surface area contributed by atoms with Crippen molar-refractivity contribution in [1.82, 2.24) is 24.7 Å². The number of hydrogen-bond donors (Lipinski definition) is 0. The molecule has 7 heteroatoms. The number of aromatic nitrogens is 5. The third-order valence-electron chi connectivity index (χ3n) is 3.43. The van der Waals surface area contributed by atoms with E-state index >= 15 is 0 Å². The van der Waals surface area contributed by atoms with Crippen LogP contribution in [0.15, 0.2) is 12.7 Å². The zero-order chi connectivity index (χ0) is 13.9. The molecule has 2 aromatic heterocycles. The van der Waals surface area contributed by atoms with Gasteiger partial charge in [-0.25, -0.2) is 24.4 Å². The first kappa shape index (κ1) is 12.7. The van der Waals surface area contributed by atoms with Crippen molar-refractivity contribution in [2.75, 3.05) is 7.11 Å². The highest BCUT2D eigenvalue weighted by Crippen LogP contribution is 2.22. The second-order valence-electron chi connectivity index (χ2n) is 4.69. The van der Waals surface area contributed by atoms with Gasteiger partial charge in [-0.2, -0.15) is 0 Å². The van der Waals surface area contributed by atoms with Crippen molar-refractivity contribution in [1.29, 1.82) is 0 Å². The topological polar surface area (TPSA) is 82.8 Å². The van der Waals surface area contributed by atoms with Gasteiger partial charge in [0.2, 0.25) is 0 Å². The molecule has 7 nitrogen and oxygen atoms in total. The van der Waals surface area contributed by atoms with Gasteiger partial charge in [0, 0.05) is 11.3 Å². The molecular weight excluding hydrogens is 258 g/mol. The van der Waals surface area contributed by atoms with Gasteiger partial charge in [-0.15, -0.1) is 5.10 Å². The minimum Gasteiger partial charge on any atom is -0.463 e. The quantitative estimate of drug-likeness (QED) is 0.602. The third kappa shape index (κ3) is 2.26. The largest absolute Gasteiger partial charge is 0.463 e. The van der Waals surface area contributed by atoms with Crippen LogP contribution in [-0.4, -0.2) is 37.8 Å². The van der Waals surface area contributed by atoms with E-state index in [1.54, 1.807) is 6.33 Å². The van der Waals surface area contributed by atoms with Gasteiger partial charge < -0.3 is 4.74 Å². The molecule has 0 saturated carbocycles. The lowest BCUT2D eigenvalue weighted by Gasteiger charge is -2.09. The molecule has 0 fully saturated rings. The van der Waals surface area contributed by atoms with E-state index in [2.05, 4.69) is 24.8 Å². The van der Waals surface area contributed by atoms with Gasteiger partial charge in [0.15, 0.2) is 5.82 Å². The van der Waals surface area contributed by atoms with E-state index in [-0.39, 0.29) is 5.82 Å². The Morgan fingerprint density at radius 3 is 2.90 bits per heavy atom. The number of methoxy groups -OCH3 is 1. The number of carbonyl (C=O) groups excluding carboxylic acids is 1. The summed E-state index contributed by atoms with van der Waals surface area (Å²) in [4.78, 5) is 24.0. The highest BCUT2D eigenvalue weighted by atomic mass is 16.5. The summed E-state index contributed by atoms with van der Waals surface area (Å²) in [6, 6.07) is 0. The summed E-state index contributed by atoms with van der Waals surface area (Å²) in [5, 5.41) is 4.13. The number of carbonyl (C=O) groups is 1. The molecule has 0 spiro atoms. The number of ether oxygens (including phenoxy) is 1. The first-order valence-corrected chi connectivity index (χ1v) is 6.62. The fraction of sp³-hybridized carbons (Fsp3) is 0.462. The van der Waals surface area contributed by atoms with Crippen molar-refractivity contribution < 1.29 is 9.53 Å². The van der Waals surface area contributed by atoms with Gasteiger partial charge in [-0.3, -0.25) is 0 Å². The average molecular weight is 273 g/mol. The zero-order valence-corrected chi connectivity index (χ0v) is 11.2. The molecule has 2 aromatic rings. The van der Waals surface area contributed by atoms with E-state index in [1.807, 2.05) is 0 Å². The first-order valence-electron chi connectivity index (χ1n) is 6.62. The SMILES string of the molecule is COC(=O)c1ncn(-c2ncnc3c2CCCCC3)n1. The van der Waals surface area contributed by atoms with Crippen molar-refractivity contribution in [3.05, 3.63) is 29.7 Å². The van der Waals surface area contributed by atoms with E-state index < -0.39 is 5.97 Å². The molecule has 20 heavy (non-hydrogen) atoms. The molecule has 0 saturated heterocycles. The van der Waals surface area contributed by atoms with Gasteiger partial charge in [0.1, 0.15) is 12.7 Å². The summed E-state index contributed by atoms with van der Waals surface area (Å²) in [6.45, 7) is 0. The van der Waals surface area contributed by atoms with Gasteiger partial charge >= 0.3 is 5.97 Å². The molecule has 0 bridgehead atoms. The highest BCUT2D eigenvalue weighted by molar-refractivity contribution is 5.84. The van der Waals surface area contributed by atoms with Gasteiger partial charge in [0.25, 0.3) is 5.82 Å². The number of esters is 1. The van der Waals surface area contributed by atoms with Crippen LogP contribution in [0.2, 0.25) is 0 Å². The molecular formula is C13H15N5O2. The number of hydrogen-bond acceptors (Lipinski definition) is 6. The lowest BCUT2D eigenvalue weighted by atomic mass is 10.1. The van der Waals surface area contributed by atoms with Gasteiger partial charge in [-0.1, -0.05) is 6.42 Å². The maximum absolute atomic E-state index is 11.4. The summed E-state index contributed by atoms with van der Waals surface area (Å²) >= 11 is 0. The lowest BCUT2D eigenvalue weighted by molar-refractivity contribution is 0.0587. The standard InChI is InChI=1S/C13H15N5O2/c1-20-13(19)11-16-8-18(17-11)12-9-5-3-2-4-6-10(9)14-7-15-12/h7-8H,2-6H2,1H3. The number of fused-ring (bicyclic) bond motifs is 1. The van der Waals surface area contributed by atoms with E-state index in [0.29, 0.717) is 5.82 Å². The Hall–Kier alpha value is -2.31. The summed E-state index contributed by atoms with van der Waals surface area (Å²) < 4.78 is 6.13. The predicted molar refractivity (Wildman–Crippen MR) is 69.5 cm³/mol. The Morgan fingerprint density at radius 1 is 1.20 bits per heavy atom. The van der Waals surface area contributed by atoms with Crippen molar-refractivity contribution in [2.45, 2.75) is 32.1 Å². The van der Waals surface area contributed by atoms with Crippen molar-refractivity contribution >= 4 is 5.97 Å². The molecule has 0 amide bonds. The maximum atomic E-state index is 11.4. The van der Waals surface area contributed by atoms with E-state index in [0.717, 1.165) is 36.9 Å². The van der Waals surface area contributed by atoms with Crippen LogP contribution in [0.5, 0.6) is 0 Å². The summed E-state index contributed by atoms with van der Waals surface area (Å²) in [6.07, 6.45) is 8.38. The smallest absolute Gasteiger partial charge is 0.377 e. The molecule has 0 atom stereocenters. The Labute approximate surface area is 116 Å². The minimum atomic E-state index is -0.552. The van der Waals surface area contributed by atoms with Crippen molar-refractivity contribution in [2.24, 2.45) is 0 Å². The molecule has 1 aliphatic rings.